The highest BCUT2D eigenvalue weighted by Crippen LogP contribution is 2.28. The summed E-state index contributed by atoms with van der Waals surface area (Å²) in [6.07, 6.45) is -2.98. The van der Waals surface area contributed by atoms with Gasteiger partial charge < -0.3 is 25.8 Å². The molecule has 0 aliphatic heterocycles. The van der Waals surface area contributed by atoms with Gasteiger partial charge in [-0.05, 0) is 17.6 Å². The zero-order valence-electron chi connectivity index (χ0n) is 12.3. The van der Waals surface area contributed by atoms with Crippen LogP contribution in [0.2, 0.25) is 0 Å². The van der Waals surface area contributed by atoms with Crippen LogP contribution in [0.3, 0.4) is 0 Å². The van der Waals surface area contributed by atoms with E-state index in [0.717, 1.165) is 7.11 Å². The molecular formula is C10H13NO5. The Bertz CT molecular complexity index is 534. The summed E-state index contributed by atoms with van der Waals surface area (Å²) in [5, 5.41) is 28.7. The molecule has 0 aliphatic carbocycles. The van der Waals surface area contributed by atoms with Crippen LogP contribution in [0.5, 0.6) is 11.5 Å². The number of carbonyl (C=O) groups is 1. The zero-order chi connectivity index (χ0) is 15.8. The van der Waals surface area contributed by atoms with Crippen molar-refractivity contribution in [3.05, 3.63) is 23.7 Å². The monoisotopic (exact) mass is 231 g/mol. The van der Waals surface area contributed by atoms with E-state index in [2.05, 4.69) is 4.74 Å². The van der Waals surface area contributed by atoms with Crippen LogP contribution in [0.1, 0.15) is 17.1 Å². The lowest BCUT2D eigenvalue weighted by atomic mass is 10.0. The average molecular weight is 231 g/mol. The summed E-state index contributed by atoms with van der Waals surface area (Å²) in [6, 6.07) is -4.75. The molecular weight excluding hydrogens is 214 g/mol. The van der Waals surface area contributed by atoms with Crippen LogP contribution in [0.25, 0.3) is 0 Å². The maximum atomic E-state index is 11.3. The maximum absolute atomic E-state index is 11.3. The van der Waals surface area contributed by atoms with E-state index in [1.54, 1.807) is 0 Å². The van der Waals surface area contributed by atoms with Crippen LogP contribution < -0.4 is 5.73 Å². The SMILES string of the molecule is [2H]c1c([2H])c([C@@]([2H])(O)[C@H](N)C(=O)OC)c([2H])c(O)c1O. The standard InChI is InChI=1S/C10H13NO5/c1-16-10(15)8(11)9(14)5-2-3-6(12)7(13)4-5/h2-4,8-9,12-14H,11H2,1H3/t8-,9+/m0/s1/i2D,3D,4D,9D. The fourth-order valence-electron chi connectivity index (χ4n) is 0.912. The molecule has 0 saturated heterocycles. The predicted octanol–water partition coefficient (Wildman–Crippen LogP) is -0.369. The van der Waals surface area contributed by atoms with Crippen molar-refractivity contribution in [2.75, 3.05) is 7.11 Å². The number of phenols is 2. The number of carbonyl (C=O) groups excluding carboxylic acids is 1. The lowest BCUT2D eigenvalue weighted by Crippen LogP contribution is -2.37. The molecule has 1 aromatic carbocycles. The normalized spacial score (nSPS) is 19.7. The molecule has 2 atom stereocenters. The molecule has 1 aromatic rings. The summed E-state index contributed by atoms with van der Waals surface area (Å²) >= 11 is 0. The van der Waals surface area contributed by atoms with Crippen LogP contribution in [-0.2, 0) is 9.53 Å². The Kier molecular flexibility index (Phi) is 2.25. The number of methoxy groups -OCH3 is 1. The number of rotatable bonds is 3. The average Bonchev–Trinajstić information content (AvgIpc) is 2.41. The second-order valence-corrected chi connectivity index (χ2v) is 2.83. The van der Waals surface area contributed by atoms with E-state index in [9.17, 15) is 20.1 Å². The van der Waals surface area contributed by atoms with Crippen LogP contribution in [0.15, 0.2) is 18.1 Å². The molecule has 88 valence electrons. The number of aliphatic hydroxyl groups is 1. The van der Waals surface area contributed by atoms with Gasteiger partial charge in [-0.3, -0.25) is 4.79 Å². The van der Waals surface area contributed by atoms with E-state index in [1.165, 1.54) is 0 Å². The smallest absolute Gasteiger partial charge is 0.325 e. The van der Waals surface area contributed by atoms with Crippen molar-refractivity contribution in [2.24, 2.45) is 5.73 Å². The maximum Gasteiger partial charge on any atom is 0.325 e. The quantitative estimate of drug-likeness (QED) is 0.417. The molecule has 0 radical (unpaired) electrons. The highest BCUT2D eigenvalue weighted by atomic mass is 16.5. The van der Waals surface area contributed by atoms with Gasteiger partial charge in [0.15, 0.2) is 11.5 Å². The lowest BCUT2D eigenvalue weighted by molar-refractivity contribution is -0.145. The van der Waals surface area contributed by atoms with E-state index in [0.29, 0.717) is 0 Å². The Labute approximate surface area is 97.5 Å². The van der Waals surface area contributed by atoms with E-state index in [4.69, 9.17) is 11.2 Å². The van der Waals surface area contributed by atoms with Gasteiger partial charge in [0.1, 0.15) is 12.1 Å². The van der Waals surface area contributed by atoms with Crippen molar-refractivity contribution < 1.29 is 30.3 Å². The second-order valence-electron chi connectivity index (χ2n) is 2.83. The van der Waals surface area contributed by atoms with Crippen molar-refractivity contribution in [1.29, 1.82) is 0 Å². The third-order valence-electron chi connectivity index (χ3n) is 1.78. The Morgan fingerprint density at radius 1 is 1.56 bits per heavy atom. The molecule has 6 nitrogen and oxygen atoms in total. The molecule has 16 heavy (non-hydrogen) atoms. The number of ether oxygens (including phenoxy) is 1. The minimum atomic E-state index is -2.98. The predicted molar refractivity (Wildman–Crippen MR) is 54.7 cm³/mol. The molecule has 0 fully saturated rings. The number of nitrogens with two attached hydrogens (primary N) is 1. The van der Waals surface area contributed by atoms with Crippen LogP contribution in [0.4, 0.5) is 0 Å². The summed E-state index contributed by atoms with van der Waals surface area (Å²) in [4.78, 5) is 11.3. The summed E-state index contributed by atoms with van der Waals surface area (Å²) < 4.78 is 34.4. The molecule has 6 heteroatoms. The van der Waals surface area contributed by atoms with Gasteiger partial charge >= 0.3 is 5.97 Å². The molecule has 0 saturated carbocycles. The largest absolute Gasteiger partial charge is 0.504 e. The Morgan fingerprint density at radius 3 is 2.75 bits per heavy atom. The van der Waals surface area contributed by atoms with E-state index in [-0.39, 0.29) is 0 Å². The Morgan fingerprint density at radius 2 is 2.19 bits per heavy atom. The van der Waals surface area contributed by atoms with Crippen LogP contribution >= 0.6 is 0 Å². The molecule has 0 spiro atoms. The number of hydrogen-bond acceptors (Lipinski definition) is 6. The van der Waals surface area contributed by atoms with Gasteiger partial charge in [0.25, 0.3) is 0 Å². The van der Waals surface area contributed by atoms with E-state index in [1.807, 2.05) is 0 Å². The molecule has 0 bridgehead atoms. The van der Waals surface area contributed by atoms with Gasteiger partial charge in [-0.25, -0.2) is 0 Å². The lowest BCUT2D eigenvalue weighted by Gasteiger charge is -2.17. The number of hydrogen-bond donors (Lipinski definition) is 4. The Balaban J connectivity index is 3.58. The van der Waals surface area contributed by atoms with Gasteiger partial charge in [0, 0.05) is 0 Å². The fourth-order valence-corrected chi connectivity index (χ4v) is 0.912. The molecule has 0 aromatic heterocycles. The van der Waals surface area contributed by atoms with Crippen molar-refractivity contribution in [2.45, 2.75) is 12.1 Å². The fraction of sp³-hybridized carbons (Fsp3) is 0.300. The molecule has 0 amide bonds. The zero-order valence-corrected chi connectivity index (χ0v) is 8.31. The molecule has 5 N–H and O–H groups in total. The molecule has 0 aliphatic rings. The molecule has 0 unspecified atom stereocenters. The Hall–Kier alpha value is -1.79. The van der Waals surface area contributed by atoms with Crippen molar-refractivity contribution >= 4 is 5.97 Å². The number of phenolic OH excluding ortho intramolecular Hbond substituents is 2. The molecule has 1 rings (SSSR count). The van der Waals surface area contributed by atoms with Crippen LogP contribution in [0, 0.1) is 0 Å². The molecule has 0 heterocycles. The summed E-state index contributed by atoms with van der Waals surface area (Å²) in [6.45, 7) is 0. The van der Waals surface area contributed by atoms with Gasteiger partial charge in [0.05, 0.1) is 12.6 Å². The number of benzene rings is 1. The first-order chi connectivity index (χ1) is 9.07. The highest BCUT2D eigenvalue weighted by Gasteiger charge is 2.25. The van der Waals surface area contributed by atoms with Gasteiger partial charge in [-0.1, -0.05) is 6.04 Å². The number of aromatic hydroxyl groups is 2. The van der Waals surface area contributed by atoms with E-state index >= 15 is 0 Å². The minimum Gasteiger partial charge on any atom is -0.504 e. The van der Waals surface area contributed by atoms with Gasteiger partial charge in [-0.2, -0.15) is 0 Å². The second kappa shape index (κ2) is 4.82. The first-order valence-corrected chi connectivity index (χ1v) is 4.15. The minimum absolute atomic E-state index is 0.879. The topological polar surface area (TPSA) is 113 Å². The summed E-state index contributed by atoms with van der Waals surface area (Å²) in [7, 11) is 0.964. The van der Waals surface area contributed by atoms with Crippen molar-refractivity contribution in [3.8, 4) is 11.5 Å². The van der Waals surface area contributed by atoms with Crippen LogP contribution in [-0.4, -0.2) is 34.4 Å². The van der Waals surface area contributed by atoms with Gasteiger partial charge in [0.2, 0.25) is 0 Å². The first kappa shape index (κ1) is 7.48. The van der Waals surface area contributed by atoms with Crippen molar-refractivity contribution in [3.63, 3.8) is 0 Å². The van der Waals surface area contributed by atoms with Gasteiger partial charge in [-0.15, -0.1) is 0 Å². The third-order valence-corrected chi connectivity index (χ3v) is 1.78. The van der Waals surface area contributed by atoms with Crippen molar-refractivity contribution in [1.82, 2.24) is 0 Å². The summed E-state index contributed by atoms with van der Waals surface area (Å²) in [5.41, 5.74) is 4.45. The number of esters is 1. The highest BCUT2D eigenvalue weighted by molar-refractivity contribution is 5.76. The first-order valence-electron chi connectivity index (χ1n) is 6.15. The summed E-state index contributed by atoms with van der Waals surface area (Å²) in [5.74, 6) is -3.31. The third kappa shape index (κ3) is 2.41. The van der Waals surface area contributed by atoms with E-state index < -0.39 is 53.3 Å².